The third-order valence-corrected chi connectivity index (χ3v) is 7.37. The minimum Gasteiger partial charge on any atom is -0.292 e. The second-order valence-electron chi connectivity index (χ2n) is 9.13. The van der Waals surface area contributed by atoms with Crippen LogP contribution in [-0.4, -0.2) is 34.9 Å². The zero-order chi connectivity index (χ0) is 26.1. The SMILES string of the molecule is O=C(c1ccc(Cl)cc1)[C@@H]1[C@@H]2C(=O)N(c3cccc(C(F)(F)F)c3)C(=O)[C@@H]2C2c3ccccc3C=NN21. The van der Waals surface area contributed by atoms with Crippen LogP contribution in [-0.2, 0) is 15.8 Å². The molecule has 0 bridgehead atoms. The zero-order valence-electron chi connectivity index (χ0n) is 18.9. The van der Waals surface area contributed by atoms with Gasteiger partial charge in [-0.2, -0.15) is 18.3 Å². The first-order valence-electron chi connectivity index (χ1n) is 11.4. The summed E-state index contributed by atoms with van der Waals surface area (Å²) < 4.78 is 40.2. The largest absolute Gasteiger partial charge is 0.416 e. The fraction of sp³-hybridized carbons (Fsp3) is 0.185. The van der Waals surface area contributed by atoms with Gasteiger partial charge in [0.1, 0.15) is 6.04 Å². The molecule has 0 saturated carbocycles. The maximum Gasteiger partial charge on any atom is 0.416 e. The first-order chi connectivity index (χ1) is 17.7. The van der Waals surface area contributed by atoms with Crippen molar-refractivity contribution < 1.29 is 27.6 Å². The van der Waals surface area contributed by atoms with Crippen molar-refractivity contribution in [3.8, 4) is 0 Å². The lowest BCUT2D eigenvalue weighted by atomic mass is 9.83. The number of amides is 2. The summed E-state index contributed by atoms with van der Waals surface area (Å²) >= 11 is 5.98. The molecule has 2 amide bonds. The van der Waals surface area contributed by atoms with Crippen molar-refractivity contribution in [2.24, 2.45) is 16.9 Å². The number of alkyl halides is 3. The fourth-order valence-corrected chi connectivity index (χ4v) is 5.66. The van der Waals surface area contributed by atoms with Gasteiger partial charge in [-0.15, -0.1) is 0 Å². The standard InChI is InChI=1S/C27H17ClF3N3O3/c28-17-10-8-14(9-11-17)24(35)23-21-20(22-19-7-2-1-4-15(19)13-32-34(22)23)25(36)33(26(21)37)18-6-3-5-16(12-18)27(29,30)31/h1-13,20-23H/t20-,21+,22?,23-/m0/s1. The van der Waals surface area contributed by atoms with E-state index in [2.05, 4.69) is 5.10 Å². The summed E-state index contributed by atoms with van der Waals surface area (Å²) in [5.74, 6) is -3.98. The molecule has 6 rings (SSSR count). The number of carbonyl (C=O) groups excluding carboxylic acids is 3. The van der Waals surface area contributed by atoms with Crippen LogP contribution in [0, 0.1) is 11.8 Å². The molecule has 0 N–H and O–H groups in total. The van der Waals surface area contributed by atoms with Crippen molar-refractivity contribution in [2.45, 2.75) is 18.3 Å². The van der Waals surface area contributed by atoms with Crippen LogP contribution in [0.25, 0.3) is 0 Å². The average Bonchev–Trinajstić information content (AvgIpc) is 3.36. The first-order valence-corrected chi connectivity index (χ1v) is 11.8. The van der Waals surface area contributed by atoms with Gasteiger partial charge in [0.15, 0.2) is 5.78 Å². The number of anilines is 1. The summed E-state index contributed by atoms with van der Waals surface area (Å²) in [5, 5.41) is 6.38. The molecule has 1 unspecified atom stereocenters. The monoisotopic (exact) mass is 523 g/mol. The van der Waals surface area contributed by atoms with Crippen molar-refractivity contribution in [1.82, 2.24) is 5.01 Å². The number of rotatable bonds is 3. The number of hydrazone groups is 1. The highest BCUT2D eigenvalue weighted by Gasteiger charge is 2.65. The van der Waals surface area contributed by atoms with E-state index in [1.807, 2.05) is 6.07 Å². The molecule has 3 aliphatic heterocycles. The predicted molar refractivity (Wildman–Crippen MR) is 129 cm³/mol. The lowest BCUT2D eigenvalue weighted by Gasteiger charge is -2.33. The van der Waals surface area contributed by atoms with Crippen molar-refractivity contribution in [2.75, 3.05) is 4.90 Å². The summed E-state index contributed by atoms with van der Waals surface area (Å²) in [4.78, 5) is 42.1. The molecule has 2 saturated heterocycles. The Labute approximate surface area is 213 Å². The van der Waals surface area contributed by atoms with Crippen molar-refractivity contribution >= 4 is 41.1 Å². The third-order valence-electron chi connectivity index (χ3n) is 7.12. The lowest BCUT2D eigenvalue weighted by Crippen LogP contribution is -2.44. The number of imide groups is 1. The highest BCUT2D eigenvalue weighted by molar-refractivity contribution is 6.30. The molecule has 3 heterocycles. The number of nitrogens with zero attached hydrogens (tertiary/aromatic N) is 3. The van der Waals surface area contributed by atoms with E-state index in [4.69, 9.17) is 11.6 Å². The van der Waals surface area contributed by atoms with E-state index >= 15 is 0 Å². The minimum absolute atomic E-state index is 0.184. The van der Waals surface area contributed by atoms with E-state index < -0.39 is 53.3 Å². The summed E-state index contributed by atoms with van der Waals surface area (Å²) in [6.45, 7) is 0. The molecule has 4 atom stereocenters. The van der Waals surface area contributed by atoms with Gasteiger partial charge in [0.05, 0.1) is 35.3 Å². The van der Waals surface area contributed by atoms with Gasteiger partial charge in [0, 0.05) is 10.6 Å². The lowest BCUT2D eigenvalue weighted by molar-refractivity contribution is -0.137. The number of hydrogen-bond donors (Lipinski definition) is 0. The number of carbonyl (C=O) groups is 3. The Balaban J connectivity index is 1.48. The van der Waals surface area contributed by atoms with Crippen molar-refractivity contribution in [1.29, 1.82) is 0 Å². The smallest absolute Gasteiger partial charge is 0.292 e. The van der Waals surface area contributed by atoms with Gasteiger partial charge < -0.3 is 0 Å². The van der Waals surface area contributed by atoms with Crippen LogP contribution in [0.2, 0.25) is 5.02 Å². The molecule has 0 aliphatic carbocycles. The van der Waals surface area contributed by atoms with Gasteiger partial charge in [-0.05, 0) is 53.6 Å². The van der Waals surface area contributed by atoms with E-state index in [9.17, 15) is 27.6 Å². The molecule has 186 valence electrons. The van der Waals surface area contributed by atoms with Crippen LogP contribution >= 0.6 is 11.6 Å². The Bertz CT molecular complexity index is 1490. The summed E-state index contributed by atoms with van der Waals surface area (Å²) in [6, 6.07) is 15.6. The normalized spacial score (nSPS) is 24.2. The second kappa shape index (κ2) is 8.27. The number of Topliss-reactive ketones (excluding diaryl/α,β-unsaturated/α-hetero) is 1. The van der Waals surface area contributed by atoms with Gasteiger partial charge >= 0.3 is 6.18 Å². The van der Waals surface area contributed by atoms with Crippen LogP contribution in [0.1, 0.15) is 33.1 Å². The quantitative estimate of drug-likeness (QED) is 0.353. The molecular formula is C27H17ClF3N3O3. The van der Waals surface area contributed by atoms with Gasteiger partial charge in [0.25, 0.3) is 0 Å². The van der Waals surface area contributed by atoms with Gasteiger partial charge in [-0.1, -0.05) is 41.9 Å². The Morgan fingerprint density at radius 3 is 2.32 bits per heavy atom. The van der Waals surface area contributed by atoms with Gasteiger partial charge in [-0.3, -0.25) is 19.4 Å². The number of ketones is 1. The number of fused-ring (bicyclic) bond motifs is 5. The molecule has 0 radical (unpaired) electrons. The molecule has 3 aliphatic rings. The van der Waals surface area contributed by atoms with E-state index in [0.717, 1.165) is 28.7 Å². The molecule has 3 aromatic carbocycles. The van der Waals surface area contributed by atoms with Gasteiger partial charge in [0.2, 0.25) is 11.8 Å². The molecule has 2 fully saturated rings. The Hall–Kier alpha value is -3.98. The highest BCUT2D eigenvalue weighted by Crippen LogP contribution is 2.53. The average molecular weight is 524 g/mol. The topological polar surface area (TPSA) is 70.0 Å². The molecule has 0 aromatic heterocycles. The Morgan fingerprint density at radius 2 is 1.59 bits per heavy atom. The minimum atomic E-state index is -4.65. The summed E-state index contributed by atoms with van der Waals surface area (Å²) in [7, 11) is 0. The summed E-state index contributed by atoms with van der Waals surface area (Å²) in [5.41, 5.74) is 0.563. The molecule has 6 nitrogen and oxygen atoms in total. The predicted octanol–water partition coefficient (Wildman–Crippen LogP) is 5.12. The maximum absolute atomic E-state index is 13.8. The number of halogens is 4. The van der Waals surface area contributed by atoms with Crippen molar-refractivity contribution in [3.63, 3.8) is 0 Å². The molecule has 3 aromatic rings. The Morgan fingerprint density at radius 1 is 0.892 bits per heavy atom. The van der Waals surface area contributed by atoms with E-state index in [1.165, 1.54) is 23.2 Å². The van der Waals surface area contributed by atoms with Crippen LogP contribution in [0.5, 0.6) is 0 Å². The zero-order valence-corrected chi connectivity index (χ0v) is 19.6. The van der Waals surface area contributed by atoms with Crippen LogP contribution in [0.4, 0.5) is 18.9 Å². The molecule has 37 heavy (non-hydrogen) atoms. The third kappa shape index (κ3) is 3.56. The number of benzene rings is 3. The molecule has 0 spiro atoms. The second-order valence-corrected chi connectivity index (χ2v) is 9.56. The highest BCUT2D eigenvalue weighted by atomic mass is 35.5. The molecular weight excluding hydrogens is 507 g/mol. The van der Waals surface area contributed by atoms with Crippen LogP contribution < -0.4 is 4.90 Å². The van der Waals surface area contributed by atoms with E-state index in [1.54, 1.807) is 36.5 Å². The summed E-state index contributed by atoms with van der Waals surface area (Å²) in [6.07, 6.45) is -3.08. The first kappa shape index (κ1) is 23.4. The van der Waals surface area contributed by atoms with Gasteiger partial charge in [-0.25, -0.2) is 4.90 Å². The van der Waals surface area contributed by atoms with Crippen LogP contribution in [0.15, 0.2) is 77.9 Å². The van der Waals surface area contributed by atoms with E-state index in [-0.39, 0.29) is 11.3 Å². The molecule has 10 heteroatoms. The fourth-order valence-electron chi connectivity index (χ4n) is 5.53. The van der Waals surface area contributed by atoms with E-state index in [0.29, 0.717) is 10.6 Å². The van der Waals surface area contributed by atoms with Crippen LogP contribution in [0.3, 0.4) is 0 Å². The Kier molecular flexibility index (Phi) is 5.24. The maximum atomic E-state index is 13.8. The number of hydrogen-bond acceptors (Lipinski definition) is 5. The van der Waals surface area contributed by atoms with Crippen molar-refractivity contribution in [3.05, 3.63) is 100 Å².